The van der Waals surface area contributed by atoms with Crippen LogP contribution in [0.15, 0.2) is 0 Å². The Balaban J connectivity index is 2.21. The monoisotopic (exact) mass is 294 g/mol. The molecule has 1 aromatic heterocycles. The summed E-state index contributed by atoms with van der Waals surface area (Å²) in [5, 5.41) is 4.62. The van der Waals surface area contributed by atoms with Gasteiger partial charge in [-0.05, 0) is 39.5 Å². The van der Waals surface area contributed by atoms with Crippen molar-refractivity contribution < 1.29 is 4.74 Å². The maximum atomic E-state index is 6.18. The minimum atomic E-state index is 0.208. The number of nitrogens with zero attached hydrogens (tertiary/aromatic N) is 3. The van der Waals surface area contributed by atoms with Crippen LogP contribution in [-0.4, -0.2) is 41.6 Å². The number of nitrogens with two attached hydrogens (primary N) is 1. The van der Waals surface area contributed by atoms with Crippen LogP contribution in [-0.2, 0) is 18.2 Å². The molecule has 2 heterocycles. The van der Waals surface area contributed by atoms with E-state index >= 15 is 0 Å². The highest BCUT2D eigenvalue weighted by Gasteiger charge is 2.26. The molecular weight excluding hydrogens is 264 g/mol. The summed E-state index contributed by atoms with van der Waals surface area (Å²) in [5.74, 6) is 1.24. The van der Waals surface area contributed by atoms with E-state index < -0.39 is 0 Å². The summed E-state index contributed by atoms with van der Waals surface area (Å²) in [4.78, 5) is 2.43. The maximum Gasteiger partial charge on any atom is 0.130 e. The van der Waals surface area contributed by atoms with Gasteiger partial charge in [-0.1, -0.05) is 6.92 Å². The third kappa shape index (κ3) is 3.77. The molecule has 0 aliphatic carbocycles. The van der Waals surface area contributed by atoms with E-state index in [0.717, 1.165) is 44.7 Å². The van der Waals surface area contributed by atoms with Crippen molar-refractivity contribution in [1.29, 1.82) is 0 Å². The van der Waals surface area contributed by atoms with Crippen molar-refractivity contribution in [2.24, 2.45) is 12.8 Å². The number of piperidine rings is 1. The van der Waals surface area contributed by atoms with Crippen LogP contribution in [0.5, 0.6) is 0 Å². The first-order valence-corrected chi connectivity index (χ1v) is 8.21. The lowest BCUT2D eigenvalue weighted by atomic mass is 10.0. The fourth-order valence-corrected chi connectivity index (χ4v) is 3.23. The number of rotatable bonds is 6. The largest absolute Gasteiger partial charge is 0.377 e. The van der Waals surface area contributed by atoms with Gasteiger partial charge in [0.2, 0.25) is 0 Å². The zero-order chi connectivity index (χ0) is 15.4. The number of hydrogen-bond acceptors (Lipinski definition) is 4. The molecule has 120 valence electrons. The summed E-state index contributed by atoms with van der Waals surface area (Å²) < 4.78 is 7.84. The van der Waals surface area contributed by atoms with Crippen molar-refractivity contribution >= 4 is 5.82 Å². The first kappa shape index (κ1) is 16.3. The zero-order valence-corrected chi connectivity index (χ0v) is 13.9. The second-order valence-corrected chi connectivity index (χ2v) is 6.05. The molecule has 2 atom stereocenters. The van der Waals surface area contributed by atoms with E-state index in [0.29, 0.717) is 6.10 Å². The summed E-state index contributed by atoms with van der Waals surface area (Å²) in [6.07, 6.45) is 4.57. The average Bonchev–Trinajstić information content (AvgIpc) is 2.73. The van der Waals surface area contributed by atoms with Gasteiger partial charge < -0.3 is 15.4 Å². The molecule has 1 fully saturated rings. The van der Waals surface area contributed by atoms with Crippen molar-refractivity contribution in [2.45, 2.75) is 58.6 Å². The van der Waals surface area contributed by atoms with E-state index in [2.05, 4.69) is 30.8 Å². The van der Waals surface area contributed by atoms with Gasteiger partial charge in [0, 0.05) is 38.3 Å². The van der Waals surface area contributed by atoms with E-state index in [1.54, 1.807) is 0 Å². The van der Waals surface area contributed by atoms with Gasteiger partial charge in [0.25, 0.3) is 0 Å². The van der Waals surface area contributed by atoms with Crippen molar-refractivity contribution in [3.05, 3.63) is 11.3 Å². The van der Waals surface area contributed by atoms with Gasteiger partial charge in [-0.15, -0.1) is 0 Å². The summed E-state index contributed by atoms with van der Waals surface area (Å²) in [5.41, 5.74) is 8.59. The van der Waals surface area contributed by atoms with Gasteiger partial charge in [0.05, 0.1) is 11.8 Å². The molecule has 0 saturated carbocycles. The lowest BCUT2D eigenvalue weighted by Crippen LogP contribution is -2.41. The Morgan fingerprint density at radius 1 is 1.43 bits per heavy atom. The van der Waals surface area contributed by atoms with Crippen LogP contribution in [0.2, 0.25) is 0 Å². The number of ether oxygens (including phenoxy) is 1. The van der Waals surface area contributed by atoms with E-state index in [1.165, 1.54) is 17.8 Å². The number of hydrogen-bond donors (Lipinski definition) is 1. The lowest BCUT2D eigenvalue weighted by molar-refractivity contribution is 0.0523. The zero-order valence-electron chi connectivity index (χ0n) is 13.9. The van der Waals surface area contributed by atoms with E-state index in [9.17, 15) is 0 Å². The fraction of sp³-hybridized carbons (Fsp3) is 0.812. The number of aromatic nitrogens is 2. The Morgan fingerprint density at radius 2 is 2.19 bits per heavy atom. The molecule has 1 aliphatic rings. The Bertz CT molecular complexity index is 455. The predicted molar refractivity (Wildman–Crippen MR) is 86.8 cm³/mol. The molecule has 2 N–H and O–H groups in total. The van der Waals surface area contributed by atoms with Crippen LogP contribution in [0.3, 0.4) is 0 Å². The third-order valence-electron chi connectivity index (χ3n) is 4.38. The van der Waals surface area contributed by atoms with Crippen LogP contribution in [0.1, 0.15) is 44.4 Å². The molecule has 5 heteroatoms. The Morgan fingerprint density at radius 3 is 2.86 bits per heavy atom. The Kier molecular flexibility index (Phi) is 5.65. The van der Waals surface area contributed by atoms with Crippen molar-refractivity contribution in [3.63, 3.8) is 0 Å². The second-order valence-electron chi connectivity index (χ2n) is 6.05. The fourth-order valence-electron chi connectivity index (χ4n) is 3.23. The molecule has 5 nitrogen and oxygen atoms in total. The molecule has 0 spiro atoms. The van der Waals surface area contributed by atoms with Crippen LogP contribution in [0.25, 0.3) is 0 Å². The topological polar surface area (TPSA) is 56.3 Å². The average molecular weight is 294 g/mol. The van der Waals surface area contributed by atoms with E-state index in [1.807, 2.05) is 11.7 Å². The van der Waals surface area contributed by atoms with Crippen LogP contribution in [0.4, 0.5) is 5.82 Å². The predicted octanol–water partition coefficient (Wildman–Crippen LogP) is 2.01. The highest BCUT2D eigenvalue weighted by Crippen LogP contribution is 2.28. The second kappa shape index (κ2) is 7.27. The maximum absolute atomic E-state index is 6.18. The molecular formula is C16H30N4O. The van der Waals surface area contributed by atoms with Crippen molar-refractivity contribution in [2.75, 3.05) is 24.6 Å². The first-order valence-electron chi connectivity index (χ1n) is 8.21. The lowest BCUT2D eigenvalue weighted by Gasteiger charge is -2.34. The van der Waals surface area contributed by atoms with E-state index in [-0.39, 0.29) is 6.04 Å². The standard InChI is InChI=1S/C16H30N4O/c1-5-13(17)10-15-12(3)18-19(4)16(15)20-9-7-8-14(11-20)21-6-2/h13-14H,5-11,17H2,1-4H3. The van der Waals surface area contributed by atoms with Gasteiger partial charge in [-0.3, -0.25) is 4.68 Å². The molecule has 0 amide bonds. The highest BCUT2D eigenvalue weighted by molar-refractivity contribution is 5.51. The third-order valence-corrected chi connectivity index (χ3v) is 4.38. The SMILES string of the molecule is CCOC1CCCN(c2c(CC(N)CC)c(C)nn2C)C1. The van der Waals surface area contributed by atoms with Crippen LogP contribution in [0, 0.1) is 6.92 Å². The van der Waals surface area contributed by atoms with E-state index in [4.69, 9.17) is 10.5 Å². The molecule has 2 unspecified atom stereocenters. The van der Waals surface area contributed by atoms with Crippen LogP contribution >= 0.6 is 0 Å². The molecule has 0 aromatic carbocycles. The minimum Gasteiger partial charge on any atom is -0.377 e. The Hall–Kier alpha value is -1.07. The first-order chi connectivity index (χ1) is 10.1. The quantitative estimate of drug-likeness (QED) is 0.872. The van der Waals surface area contributed by atoms with Gasteiger partial charge in [-0.2, -0.15) is 5.10 Å². The van der Waals surface area contributed by atoms with Gasteiger partial charge >= 0.3 is 0 Å². The van der Waals surface area contributed by atoms with Gasteiger partial charge in [0.15, 0.2) is 0 Å². The molecule has 1 aliphatic heterocycles. The summed E-state index contributed by atoms with van der Waals surface area (Å²) >= 11 is 0. The van der Waals surface area contributed by atoms with Crippen LogP contribution < -0.4 is 10.6 Å². The number of aryl methyl sites for hydroxylation is 2. The van der Waals surface area contributed by atoms with Crippen molar-refractivity contribution in [1.82, 2.24) is 9.78 Å². The smallest absolute Gasteiger partial charge is 0.130 e. The molecule has 21 heavy (non-hydrogen) atoms. The molecule has 0 bridgehead atoms. The summed E-state index contributed by atoms with van der Waals surface area (Å²) in [6.45, 7) is 9.13. The summed E-state index contributed by atoms with van der Waals surface area (Å²) in [6, 6.07) is 0.208. The normalized spacial score (nSPS) is 20.8. The van der Waals surface area contributed by atoms with Gasteiger partial charge in [0.1, 0.15) is 5.82 Å². The minimum absolute atomic E-state index is 0.208. The highest BCUT2D eigenvalue weighted by atomic mass is 16.5. The molecule has 1 saturated heterocycles. The van der Waals surface area contributed by atoms with Gasteiger partial charge in [-0.25, -0.2) is 0 Å². The van der Waals surface area contributed by atoms with Crippen molar-refractivity contribution in [3.8, 4) is 0 Å². The molecule has 0 radical (unpaired) electrons. The Labute approximate surface area is 128 Å². The molecule has 1 aromatic rings. The molecule has 2 rings (SSSR count). The summed E-state index contributed by atoms with van der Waals surface area (Å²) in [7, 11) is 2.04. The number of anilines is 1.